The maximum absolute atomic E-state index is 12.7. The van der Waals surface area contributed by atoms with E-state index in [0.717, 1.165) is 51.1 Å². The average molecular weight is 427 g/mol. The van der Waals surface area contributed by atoms with Crippen LogP contribution in [0.25, 0.3) is 0 Å². The predicted molar refractivity (Wildman–Crippen MR) is 112 cm³/mol. The molecule has 1 N–H and O–H groups in total. The number of piperazine rings is 1. The summed E-state index contributed by atoms with van der Waals surface area (Å²) in [6.07, 6.45) is 2.09. The molecule has 1 aliphatic carbocycles. The summed E-state index contributed by atoms with van der Waals surface area (Å²) in [5.74, 6) is -0.0916. The van der Waals surface area contributed by atoms with Gasteiger partial charge < -0.3 is 10.2 Å². The Morgan fingerprint density at radius 3 is 2.54 bits per heavy atom. The van der Waals surface area contributed by atoms with Crippen molar-refractivity contribution in [1.29, 1.82) is 0 Å². The van der Waals surface area contributed by atoms with Crippen LogP contribution in [0.1, 0.15) is 25.3 Å². The highest BCUT2D eigenvalue weighted by atomic mass is 35.5. The summed E-state index contributed by atoms with van der Waals surface area (Å²) in [5.41, 5.74) is 1.02. The van der Waals surface area contributed by atoms with Crippen LogP contribution in [0.2, 0.25) is 10.0 Å². The van der Waals surface area contributed by atoms with Crippen molar-refractivity contribution < 1.29 is 9.59 Å². The fraction of sp³-hybridized carbons (Fsp3) is 0.600. The van der Waals surface area contributed by atoms with E-state index in [9.17, 15) is 9.59 Å². The zero-order valence-corrected chi connectivity index (χ0v) is 18.0. The van der Waals surface area contributed by atoms with Gasteiger partial charge in [0.05, 0.1) is 22.6 Å². The summed E-state index contributed by atoms with van der Waals surface area (Å²) < 4.78 is 0. The van der Waals surface area contributed by atoms with Crippen LogP contribution in [0.4, 0.5) is 0 Å². The molecule has 1 aromatic carbocycles. The third-order valence-corrected chi connectivity index (χ3v) is 6.30. The second kappa shape index (κ2) is 9.44. The number of amides is 2. The van der Waals surface area contributed by atoms with E-state index in [0.29, 0.717) is 16.1 Å². The number of nitrogens with zero attached hydrogens (tertiary/aromatic N) is 3. The van der Waals surface area contributed by atoms with Crippen molar-refractivity contribution >= 4 is 35.0 Å². The second-order valence-corrected chi connectivity index (χ2v) is 8.52. The van der Waals surface area contributed by atoms with Crippen LogP contribution in [0.3, 0.4) is 0 Å². The van der Waals surface area contributed by atoms with E-state index < -0.39 is 0 Å². The summed E-state index contributed by atoms with van der Waals surface area (Å²) in [7, 11) is 1.70. The van der Waals surface area contributed by atoms with Crippen molar-refractivity contribution in [2.75, 3.05) is 39.8 Å². The van der Waals surface area contributed by atoms with Gasteiger partial charge in [0.15, 0.2) is 0 Å². The zero-order valence-electron chi connectivity index (χ0n) is 16.5. The van der Waals surface area contributed by atoms with Gasteiger partial charge >= 0.3 is 0 Å². The lowest BCUT2D eigenvalue weighted by molar-refractivity contribution is -0.139. The Bertz CT molecular complexity index is 718. The van der Waals surface area contributed by atoms with Crippen LogP contribution in [0, 0.1) is 0 Å². The smallest absolute Gasteiger partial charge is 0.239 e. The highest BCUT2D eigenvalue weighted by Gasteiger charge is 2.29. The van der Waals surface area contributed by atoms with Gasteiger partial charge in [0.25, 0.3) is 0 Å². The van der Waals surface area contributed by atoms with Gasteiger partial charge in [0, 0.05) is 45.8 Å². The third-order valence-electron chi connectivity index (χ3n) is 5.44. The Morgan fingerprint density at radius 1 is 1.21 bits per heavy atom. The van der Waals surface area contributed by atoms with E-state index in [1.165, 1.54) is 4.90 Å². The van der Waals surface area contributed by atoms with E-state index in [1.54, 1.807) is 13.1 Å². The van der Waals surface area contributed by atoms with Crippen molar-refractivity contribution in [2.45, 2.75) is 38.4 Å². The van der Waals surface area contributed by atoms with E-state index in [2.05, 4.69) is 15.1 Å². The number of halogens is 2. The molecule has 1 aliphatic heterocycles. The van der Waals surface area contributed by atoms with E-state index in [4.69, 9.17) is 23.2 Å². The molecule has 0 spiro atoms. The van der Waals surface area contributed by atoms with Crippen LogP contribution >= 0.6 is 23.2 Å². The lowest BCUT2D eigenvalue weighted by Crippen LogP contribution is -2.54. The first kappa shape index (κ1) is 21.4. The largest absolute Gasteiger partial charge is 0.352 e. The summed E-state index contributed by atoms with van der Waals surface area (Å²) in [6, 6.07) is 5.77. The minimum Gasteiger partial charge on any atom is -0.352 e. The molecule has 0 aromatic heterocycles. The first-order chi connectivity index (χ1) is 13.3. The highest BCUT2D eigenvalue weighted by Crippen LogP contribution is 2.27. The number of rotatable bonds is 7. The molecular formula is C20H28Cl2N4O2. The third kappa shape index (κ3) is 5.60. The minimum absolute atomic E-state index is 0.0164. The monoisotopic (exact) mass is 426 g/mol. The zero-order chi connectivity index (χ0) is 20.3. The fourth-order valence-corrected chi connectivity index (χ4v) is 3.87. The quantitative estimate of drug-likeness (QED) is 0.725. The molecule has 6 nitrogen and oxygen atoms in total. The Kier molecular flexibility index (Phi) is 7.20. The summed E-state index contributed by atoms with van der Waals surface area (Å²) in [5, 5.41) is 4.11. The van der Waals surface area contributed by atoms with Crippen LogP contribution in [-0.4, -0.2) is 78.4 Å². The van der Waals surface area contributed by atoms with Crippen molar-refractivity contribution in [3.05, 3.63) is 33.8 Å². The first-order valence-corrected chi connectivity index (χ1v) is 10.5. The molecule has 154 valence electrons. The first-order valence-electron chi connectivity index (χ1n) is 9.78. The van der Waals surface area contributed by atoms with Gasteiger partial charge in [-0.15, -0.1) is 0 Å². The minimum atomic E-state index is -0.240. The average Bonchev–Trinajstić information content (AvgIpc) is 3.48. The molecule has 1 saturated carbocycles. The van der Waals surface area contributed by atoms with Crippen LogP contribution in [0.5, 0.6) is 0 Å². The Balaban J connectivity index is 1.46. The summed E-state index contributed by atoms with van der Waals surface area (Å²) in [6.45, 7) is 6.09. The topological polar surface area (TPSA) is 55.9 Å². The van der Waals surface area contributed by atoms with Gasteiger partial charge in [-0.3, -0.25) is 19.4 Å². The summed E-state index contributed by atoms with van der Waals surface area (Å²) >= 11 is 12.4. The molecular weight excluding hydrogens is 399 g/mol. The summed E-state index contributed by atoms with van der Waals surface area (Å²) in [4.78, 5) is 30.6. The standard InChI is InChI=1S/C20H28Cl2N4O2/c1-14(20(28)24(2)13-18(27)23-16-6-7-16)26-10-8-25(9-11-26)12-15-4-3-5-17(21)19(15)22/h3-5,14,16H,6-13H2,1-2H3,(H,23,27). The Hall–Kier alpha value is -1.34. The van der Waals surface area contributed by atoms with E-state index in [-0.39, 0.29) is 24.4 Å². The molecule has 1 aromatic rings. The molecule has 2 fully saturated rings. The van der Waals surface area contributed by atoms with Crippen molar-refractivity contribution in [1.82, 2.24) is 20.0 Å². The molecule has 1 atom stereocenters. The van der Waals surface area contributed by atoms with Crippen molar-refractivity contribution in [2.24, 2.45) is 0 Å². The molecule has 1 heterocycles. The molecule has 1 saturated heterocycles. The number of nitrogens with one attached hydrogen (secondary N) is 1. The SMILES string of the molecule is CC(C(=O)N(C)CC(=O)NC1CC1)N1CCN(Cc2cccc(Cl)c2Cl)CC1. The number of likely N-dealkylation sites (N-methyl/N-ethyl adjacent to an activating group) is 1. The predicted octanol–water partition coefficient (Wildman–Crippen LogP) is 2.24. The lowest BCUT2D eigenvalue weighted by atomic mass is 10.1. The number of benzene rings is 1. The molecule has 1 unspecified atom stereocenters. The van der Waals surface area contributed by atoms with Gasteiger partial charge in [0.2, 0.25) is 11.8 Å². The van der Waals surface area contributed by atoms with Crippen molar-refractivity contribution in [3.8, 4) is 0 Å². The van der Waals surface area contributed by atoms with Gasteiger partial charge in [-0.05, 0) is 31.4 Å². The molecule has 8 heteroatoms. The number of carbonyl (C=O) groups is 2. The number of hydrogen-bond donors (Lipinski definition) is 1. The molecule has 2 amide bonds. The van der Waals surface area contributed by atoms with Gasteiger partial charge in [-0.1, -0.05) is 35.3 Å². The number of carbonyl (C=O) groups excluding carboxylic acids is 2. The van der Waals surface area contributed by atoms with E-state index in [1.807, 2.05) is 19.1 Å². The van der Waals surface area contributed by atoms with E-state index >= 15 is 0 Å². The molecule has 28 heavy (non-hydrogen) atoms. The second-order valence-electron chi connectivity index (χ2n) is 7.74. The van der Waals surface area contributed by atoms with Gasteiger partial charge in [-0.2, -0.15) is 0 Å². The Morgan fingerprint density at radius 2 is 1.89 bits per heavy atom. The van der Waals surface area contributed by atoms with Crippen LogP contribution in [0.15, 0.2) is 18.2 Å². The van der Waals surface area contributed by atoms with Gasteiger partial charge in [-0.25, -0.2) is 0 Å². The lowest BCUT2D eigenvalue weighted by Gasteiger charge is -2.38. The number of hydrogen-bond acceptors (Lipinski definition) is 4. The molecule has 0 bridgehead atoms. The fourth-order valence-electron chi connectivity index (χ4n) is 3.49. The molecule has 3 rings (SSSR count). The molecule has 0 radical (unpaired) electrons. The Labute approximate surface area is 176 Å². The maximum Gasteiger partial charge on any atom is 0.239 e. The normalized spacial score (nSPS) is 19.3. The van der Waals surface area contributed by atoms with Crippen molar-refractivity contribution in [3.63, 3.8) is 0 Å². The van der Waals surface area contributed by atoms with Crippen LogP contribution < -0.4 is 5.32 Å². The maximum atomic E-state index is 12.7. The highest BCUT2D eigenvalue weighted by molar-refractivity contribution is 6.42. The van der Waals surface area contributed by atoms with Crippen LogP contribution in [-0.2, 0) is 16.1 Å². The molecule has 2 aliphatic rings. The van der Waals surface area contributed by atoms with Gasteiger partial charge in [0.1, 0.15) is 0 Å².